The van der Waals surface area contributed by atoms with Crippen molar-refractivity contribution < 1.29 is 17.9 Å². The smallest absolute Gasteiger partial charge is 0.406 e. The molecule has 25 heavy (non-hydrogen) atoms. The van der Waals surface area contributed by atoms with Crippen LogP contribution in [0, 0.1) is 0 Å². The maximum Gasteiger partial charge on any atom is 0.573 e. The van der Waals surface area contributed by atoms with Gasteiger partial charge in [0.25, 0.3) is 0 Å². The third kappa shape index (κ3) is 4.08. The summed E-state index contributed by atoms with van der Waals surface area (Å²) in [5, 5.41) is 9.62. The summed E-state index contributed by atoms with van der Waals surface area (Å²) in [5.41, 5.74) is 9.25. The highest BCUT2D eigenvalue weighted by Gasteiger charge is 2.31. The molecule has 0 radical (unpaired) electrons. The largest absolute Gasteiger partial charge is 0.573 e. The molecular weight excluding hydrogens is 351 g/mol. The maximum atomic E-state index is 12.2. The van der Waals surface area contributed by atoms with Crippen molar-refractivity contribution in [1.82, 2.24) is 10.2 Å². The number of aryl methyl sites for hydroxylation is 1. The van der Waals surface area contributed by atoms with Crippen LogP contribution in [0.1, 0.15) is 12.5 Å². The minimum absolute atomic E-state index is 0.271. The molecule has 0 unspecified atom stereocenters. The van der Waals surface area contributed by atoms with Gasteiger partial charge >= 0.3 is 6.36 Å². The zero-order valence-electron chi connectivity index (χ0n) is 13.2. The van der Waals surface area contributed by atoms with Crippen molar-refractivity contribution >= 4 is 17.0 Å². The van der Waals surface area contributed by atoms with Crippen LogP contribution in [0.4, 0.5) is 18.9 Å². The predicted octanol–water partition coefficient (Wildman–Crippen LogP) is 4.92. The molecule has 3 aromatic rings. The van der Waals surface area contributed by atoms with E-state index in [1.54, 1.807) is 0 Å². The fourth-order valence-electron chi connectivity index (χ4n) is 2.30. The number of hydrogen-bond donors (Lipinski definition) is 1. The van der Waals surface area contributed by atoms with Crippen LogP contribution in [-0.2, 0) is 6.42 Å². The van der Waals surface area contributed by atoms with Gasteiger partial charge in [-0.1, -0.05) is 18.3 Å². The number of alkyl halides is 3. The Morgan fingerprint density at radius 3 is 2.20 bits per heavy atom. The number of nitrogens with two attached hydrogens (primary N) is 1. The van der Waals surface area contributed by atoms with E-state index in [1.165, 1.54) is 35.6 Å². The van der Waals surface area contributed by atoms with E-state index >= 15 is 0 Å². The molecule has 0 fully saturated rings. The average molecular weight is 365 g/mol. The van der Waals surface area contributed by atoms with Crippen molar-refractivity contribution in [3.8, 4) is 26.9 Å². The number of nitrogens with zero attached hydrogens (tertiary/aromatic N) is 2. The number of anilines is 1. The number of ether oxygens (including phenoxy) is 1. The van der Waals surface area contributed by atoms with E-state index < -0.39 is 6.36 Å². The molecule has 1 aromatic heterocycles. The molecule has 4 nitrogen and oxygen atoms in total. The topological polar surface area (TPSA) is 61.0 Å². The van der Waals surface area contributed by atoms with Gasteiger partial charge in [-0.3, -0.25) is 0 Å². The van der Waals surface area contributed by atoms with Gasteiger partial charge in [-0.25, -0.2) is 0 Å². The van der Waals surface area contributed by atoms with Crippen LogP contribution >= 0.6 is 11.3 Å². The fourth-order valence-corrected chi connectivity index (χ4v) is 3.15. The van der Waals surface area contributed by atoms with E-state index in [0.29, 0.717) is 10.6 Å². The van der Waals surface area contributed by atoms with Crippen LogP contribution in [-0.4, -0.2) is 16.6 Å². The van der Waals surface area contributed by atoms with Crippen LogP contribution < -0.4 is 10.5 Å². The second kappa shape index (κ2) is 6.72. The highest BCUT2D eigenvalue weighted by molar-refractivity contribution is 7.17. The fraction of sp³-hybridized carbons (Fsp3) is 0.176. The predicted molar refractivity (Wildman–Crippen MR) is 91.3 cm³/mol. The first-order valence-electron chi connectivity index (χ1n) is 7.44. The number of aromatic nitrogens is 2. The van der Waals surface area contributed by atoms with Crippen LogP contribution in [0.5, 0.6) is 5.75 Å². The number of hydrogen-bond acceptors (Lipinski definition) is 5. The summed E-state index contributed by atoms with van der Waals surface area (Å²) < 4.78 is 40.4. The summed E-state index contributed by atoms with van der Waals surface area (Å²) in [4.78, 5) is 0. The lowest BCUT2D eigenvalue weighted by atomic mass is 10.1. The SMILES string of the molecule is CCc1cc(-c2nnc(-c3ccc(OC(F)(F)F)cc3)s2)ccc1N. The van der Waals surface area contributed by atoms with Crippen LogP contribution in [0.15, 0.2) is 42.5 Å². The van der Waals surface area contributed by atoms with E-state index in [0.717, 1.165) is 28.2 Å². The Bertz CT molecular complexity index is 876. The van der Waals surface area contributed by atoms with Crippen LogP contribution in [0.25, 0.3) is 21.1 Å². The van der Waals surface area contributed by atoms with E-state index in [2.05, 4.69) is 14.9 Å². The Morgan fingerprint density at radius 2 is 1.60 bits per heavy atom. The summed E-state index contributed by atoms with van der Waals surface area (Å²) in [6.45, 7) is 2.02. The molecular formula is C17H14F3N3OS. The third-order valence-corrected chi connectivity index (χ3v) is 4.55. The zero-order chi connectivity index (χ0) is 18.0. The Balaban J connectivity index is 1.84. The first kappa shape index (κ1) is 17.2. The molecule has 0 bridgehead atoms. The minimum Gasteiger partial charge on any atom is -0.406 e. The molecule has 8 heteroatoms. The van der Waals surface area contributed by atoms with Gasteiger partial charge in [-0.2, -0.15) is 0 Å². The van der Waals surface area contributed by atoms with E-state index in [-0.39, 0.29) is 5.75 Å². The lowest BCUT2D eigenvalue weighted by Gasteiger charge is -2.08. The van der Waals surface area contributed by atoms with Crippen molar-refractivity contribution in [3.63, 3.8) is 0 Å². The Labute approximate surface area is 146 Å². The Morgan fingerprint density at radius 1 is 1.00 bits per heavy atom. The van der Waals surface area contributed by atoms with Crippen molar-refractivity contribution in [2.75, 3.05) is 5.73 Å². The van der Waals surface area contributed by atoms with E-state index in [9.17, 15) is 13.2 Å². The van der Waals surface area contributed by atoms with Gasteiger partial charge in [-0.05, 0) is 54.4 Å². The van der Waals surface area contributed by atoms with Gasteiger partial charge in [0, 0.05) is 16.8 Å². The highest BCUT2D eigenvalue weighted by atomic mass is 32.1. The van der Waals surface area contributed by atoms with Gasteiger partial charge in [0.15, 0.2) is 0 Å². The summed E-state index contributed by atoms with van der Waals surface area (Å²) in [6, 6.07) is 11.2. The number of halogens is 3. The first-order chi connectivity index (χ1) is 11.9. The lowest BCUT2D eigenvalue weighted by Crippen LogP contribution is -2.16. The summed E-state index contributed by atoms with van der Waals surface area (Å²) in [6.07, 6.45) is -3.89. The van der Waals surface area contributed by atoms with Crippen LogP contribution in [0.3, 0.4) is 0 Å². The van der Waals surface area contributed by atoms with E-state index in [1.807, 2.05) is 25.1 Å². The lowest BCUT2D eigenvalue weighted by molar-refractivity contribution is -0.274. The molecule has 0 atom stereocenters. The number of benzene rings is 2. The zero-order valence-corrected chi connectivity index (χ0v) is 14.0. The minimum atomic E-state index is -4.70. The second-order valence-electron chi connectivity index (χ2n) is 5.25. The van der Waals surface area contributed by atoms with Gasteiger partial charge in [-0.15, -0.1) is 23.4 Å². The van der Waals surface area contributed by atoms with Crippen molar-refractivity contribution in [3.05, 3.63) is 48.0 Å². The summed E-state index contributed by atoms with van der Waals surface area (Å²) >= 11 is 1.36. The first-order valence-corrected chi connectivity index (χ1v) is 8.26. The molecule has 0 aliphatic carbocycles. The Kier molecular flexibility index (Phi) is 4.63. The molecule has 0 amide bonds. The highest BCUT2D eigenvalue weighted by Crippen LogP contribution is 2.32. The molecule has 0 spiro atoms. The maximum absolute atomic E-state index is 12.2. The van der Waals surface area contributed by atoms with Crippen LogP contribution in [0.2, 0.25) is 0 Å². The van der Waals surface area contributed by atoms with Crippen molar-refractivity contribution in [1.29, 1.82) is 0 Å². The molecule has 130 valence electrons. The quantitative estimate of drug-likeness (QED) is 0.667. The van der Waals surface area contributed by atoms with Gasteiger partial charge in [0.1, 0.15) is 15.8 Å². The number of rotatable bonds is 4. The molecule has 0 aliphatic heterocycles. The van der Waals surface area contributed by atoms with Gasteiger partial charge in [0.05, 0.1) is 0 Å². The van der Waals surface area contributed by atoms with Gasteiger partial charge in [0.2, 0.25) is 0 Å². The molecule has 0 saturated carbocycles. The molecule has 1 heterocycles. The summed E-state index contributed by atoms with van der Waals surface area (Å²) in [7, 11) is 0. The molecule has 3 rings (SSSR count). The molecule has 2 N–H and O–H groups in total. The van der Waals surface area contributed by atoms with E-state index in [4.69, 9.17) is 5.73 Å². The Hall–Kier alpha value is -2.61. The molecule has 2 aromatic carbocycles. The normalized spacial score (nSPS) is 11.5. The second-order valence-corrected chi connectivity index (χ2v) is 6.23. The van der Waals surface area contributed by atoms with Crippen molar-refractivity contribution in [2.45, 2.75) is 19.7 Å². The molecule has 0 aliphatic rings. The molecule has 0 saturated heterocycles. The van der Waals surface area contributed by atoms with Gasteiger partial charge < -0.3 is 10.5 Å². The van der Waals surface area contributed by atoms with Crippen molar-refractivity contribution in [2.24, 2.45) is 0 Å². The third-order valence-electron chi connectivity index (χ3n) is 3.53. The summed E-state index contributed by atoms with van der Waals surface area (Å²) in [5.74, 6) is -0.271. The monoisotopic (exact) mass is 365 g/mol. The number of nitrogen functional groups attached to an aromatic ring is 1. The standard InChI is InChI=1S/C17H14F3N3OS/c1-2-10-9-12(5-8-14(10)21)16-23-22-15(25-16)11-3-6-13(7-4-11)24-17(18,19)20/h3-9H,2,21H2,1H3. The average Bonchev–Trinajstić information content (AvgIpc) is 3.04.